The van der Waals surface area contributed by atoms with E-state index in [0.29, 0.717) is 34.7 Å². The zero-order valence-electron chi connectivity index (χ0n) is 21.3. The van der Waals surface area contributed by atoms with Gasteiger partial charge in [0.15, 0.2) is 5.78 Å². The molecule has 8 heteroatoms. The number of para-hydroxylation sites is 1. The van der Waals surface area contributed by atoms with E-state index in [1.165, 1.54) is 0 Å². The van der Waals surface area contributed by atoms with E-state index in [2.05, 4.69) is 21.2 Å². The summed E-state index contributed by atoms with van der Waals surface area (Å²) < 4.78 is 17.2. The van der Waals surface area contributed by atoms with Crippen molar-refractivity contribution in [2.24, 2.45) is 5.92 Å². The minimum Gasteiger partial charge on any atom is -0.496 e. The van der Waals surface area contributed by atoms with E-state index in [1.807, 2.05) is 55.5 Å². The molecule has 0 saturated heterocycles. The Bertz CT molecular complexity index is 1280. The zero-order chi connectivity index (χ0) is 26.7. The maximum atomic E-state index is 14.3. The molecular weight excluding hydrogens is 538 g/mol. The number of halogens is 1. The molecule has 1 aliphatic heterocycles. The van der Waals surface area contributed by atoms with Gasteiger partial charge in [0, 0.05) is 33.3 Å². The molecule has 4 rings (SSSR count). The highest BCUT2D eigenvalue weighted by molar-refractivity contribution is 9.10. The second-order valence-electron chi connectivity index (χ2n) is 8.91. The van der Waals surface area contributed by atoms with Crippen molar-refractivity contribution in [3.05, 3.63) is 86.7 Å². The van der Waals surface area contributed by atoms with Crippen LogP contribution in [0.15, 0.2) is 75.5 Å². The van der Waals surface area contributed by atoms with Gasteiger partial charge in [-0.3, -0.25) is 9.59 Å². The van der Waals surface area contributed by atoms with Crippen molar-refractivity contribution < 1.29 is 28.6 Å². The fourth-order valence-corrected chi connectivity index (χ4v) is 5.53. The van der Waals surface area contributed by atoms with Crippen molar-refractivity contribution in [2.45, 2.75) is 39.0 Å². The van der Waals surface area contributed by atoms with E-state index in [0.717, 1.165) is 15.6 Å². The lowest BCUT2D eigenvalue weighted by Gasteiger charge is -2.39. The lowest BCUT2D eigenvalue weighted by molar-refractivity contribution is -0.152. The summed E-state index contributed by atoms with van der Waals surface area (Å²) in [7, 11) is 1.56. The molecule has 3 unspecified atom stereocenters. The first-order chi connectivity index (χ1) is 17.8. The summed E-state index contributed by atoms with van der Waals surface area (Å²) in [5, 5.41) is 3.31. The number of dihydropyridines is 1. The number of Topliss-reactive ketones (excluding diaryl/α,β-unsaturated/α-hetero) is 1. The van der Waals surface area contributed by atoms with E-state index in [9.17, 15) is 14.4 Å². The van der Waals surface area contributed by atoms with Crippen LogP contribution >= 0.6 is 15.9 Å². The third-order valence-corrected chi connectivity index (χ3v) is 7.33. The predicted molar refractivity (Wildman–Crippen MR) is 142 cm³/mol. The molecule has 3 atom stereocenters. The molecule has 0 radical (unpaired) electrons. The summed E-state index contributed by atoms with van der Waals surface area (Å²) >= 11 is 3.46. The number of allylic oxidation sites excluding steroid dienone is 3. The van der Waals surface area contributed by atoms with Crippen LogP contribution in [0.4, 0.5) is 0 Å². The summed E-state index contributed by atoms with van der Waals surface area (Å²) in [6, 6.07) is 14.9. The number of esters is 2. The van der Waals surface area contributed by atoms with Gasteiger partial charge < -0.3 is 19.5 Å². The fourth-order valence-electron chi connectivity index (χ4n) is 5.27. The van der Waals surface area contributed by atoms with E-state index in [1.54, 1.807) is 21.0 Å². The molecule has 0 amide bonds. The van der Waals surface area contributed by atoms with E-state index in [-0.39, 0.29) is 19.0 Å². The van der Waals surface area contributed by atoms with Crippen molar-refractivity contribution in [2.75, 3.05) is 20.3 Å². The van der Waals surface area contributed by atoms with Crippen molar-refractivity contribution in [3.8, 4) is 5.75 Å². The second-order valence-corrected chi connectivity index (χ2v) is 9.82. The highest BCUT2D eigenvalue weighted by Gasteiger charge is 2.49. The van der Waals surface area contributed by atoms with Gasteiger partial charge >= 0.3 is 11.9 Å². The molecule has 1 aliphatic carbocycles. The minimum atomic E-state index is -1.09. The quantitative estimate of drug-likeness (QED) is 0.364. The Hall–Kier alpha value is -3.39. The third-order valence-electron chi connectivity index (χ3n) is 6.80. The number of benzene rings is 2. The zero-order valence-corrected chi connectivity index (χ0v) is 22.9. The van der Waals surface area contributed by atoms with Gasteiger partial charge in [-0.25, -0.2) is 4.79 Å². The number of carbonyl (C=O) groups excluding carboxylic acids is 3. The summed E-state index contributed by atoms with van der Waals surface area (Å²) in [6.07, 6.45) is 0.366. The van der Waals surface area contributed by atoms with Gasteiger partial charge in [0.2, 0.25) is 0 Å². The van der Waals surface area contributed by atoms with Crippen molar-refractivity contribution in [1.29, 1.82) is 0 Å². The molecular formula is C29H30BrNO6. The monoisotopic (exact) mass is 567 g/mol. The van der Waals surface area contributed by atoms with Crippen LogP contribution < -0.4 is 10.1 Å². The van der Waals surface area contributed by atoms with Crippen LogP contribution in [0, 0.1) is 5.92 Å². The van der Waals surface area contributed by atoms with Gasteiger partial charge in [0.1, 0.15) is 11.7 Å². The molecule has 0 aromatic heterocycles. The number of hydrogen-bond acceptors (Lipinski definition) is 7. The van der Waals surface area contributed by atoms with Crippen LogP contribution in [-0.2, 0) is 23.9 Å². The Morgan fingerprint density at radius 1 is 1.03 bits per heavy atom. The molecule has 0 spiro atoms. The second kappa shape index (κ2) is 11.3. The van der Waals surface area contributed by atoms with Gasteiger partial charge in [-0.05, 0) is 56.5 Å². The van der Waals surface area contributed by atoms with Crippen molar-refractivity contribution in [1.82, 2.24) is 5.32 Å². The number of hydrogen-bond donors (Lipinski definition) is 1. The van der Waals surface area contributed by atoms with Crippen LogP contribution in [0.5, 0.6) is 5.75 Å². The normalized spacial score (nSPS) is 21.2. The topological polar surface area (TPSA) is 90.9 Å². The first-order valence-corrected chi connectivity index (χ1v) is 13.1. The summed E-state index contributed by atoms with van der Waals surface area (Å²) in [6.45, 7) is 5.61. The standard InChI is InChI=1S/C29H30BrNO6/c1-5-36-28(33)23-16(3)31-21-15-20(19-9-7-8-10-22(19)35-4)25(29(34)37-6-2)27(32)26(21)24(23)17-11-13-18(30)14-12-17/h7-14,20,24-25,31H,5-6,15H2,1-4H3. The van der Waals surface area contributed by atoms with Gasteiger partial charge in [-0.1, -0.05) is 46.3 Å². The average molecular weight is 568 g/mol. The molecule has 1 N–H and O–H groups in total. The molecule has 0 bridgehead atoms. The van der Waals surface area contributed by atoms with Crippen LogP contribution in [0.1, 0.15) is 50.2 Å². The molecule has 2 aliphatic rings. The number of methoxy groups -OCH3 is 1. The number of rotatable bonds is 7. The van der Waals surface area contributed by atoms with Crippen LogP contribution in [-0.4, -0.2) is 38.0 Å². The molecule has 2 aromatic rings. The molecule has 194 valence electrons. The van der Waals surface area contributed by atoms with E-state index >= 15 is 0 Å². The number of ether oxygens (including phenoxy) is 3. The lowest BCUT2D eigenvalue weighted by Crippen LogP contribution is -2.43. The van der Waals surface area contributed by atoms with Crippen LogP contribution in [0.2, 0.25) is 0 Å². The Balaban J connectivity index is 1.91. The van der Waals surface area contributed by atoms with Crippen LogP contribution in [0.3, 0.4) is 0 Å². The summed E-state index contributed by atoms with van der Waals surface area (Å²) in [5.41, 5.74) is 3.55. The maximum absolute atomic E-state index is 14.3. The highest BCUT2D eigenvalue weighted by atomic mass is 79.9. The fraction of sp³-hybridized carbons (Fsp3) is 0.345. The molecule has 7 nitrogen and oxygen atoms in total. The molecule has 0 saturated carbocycles. The van der Waals surface area contributed by atoms with E-state index in [4.69, 9.17) is 14.2 Å². The van der Waals surface area contributed by atoms with Gasteiger partial charge in [-0.2, -0.15) is 0 Å². The smallest absolute Gasteiger partial charge is 0.336 e. The van der Waals surface area contributed by atoms with Gasteiger partial charge in [0.05, 0.1) is 25.9 Å². The van der Waals surface area contributed by atoms with Crippen LogP contribution in [0.25, 0.3) is 0 Å². The van der Waals surface area contributed by atoms with Crippen molar-refractivity contribution in [3.63, 3.8) is 0 Å². The molecule has 2 aromatic carbocycles. The number of nitrogens with one attached hydrogen (secondary N) is 1. The van der Waals surface area contributed by atoms with E-state index < -0.39 is 29.7 Å². The highest BCUT2D eigenvalue weighted by Crippen LogP contribution is 2.49. The Labute approximate surface area is 225 Å². The Morgan fingerprint density at radius 2 is 1.70 bits per heavy atom. The predicted octanol–water partition coefficient (Wildman–Crippen LogP) is 5.17. The number of ketones is 1. The first kappa shape index (κ1) is 26.7. The van der Waals surface area contributed by atoms with Gasteiger partial charge in [0.25, 0.3) is 0 Å². The first-order valence-electron chi connectivity index (χ1n) is 12.3. The summed E-state index contributed by atoms with van der Waals surface area (Å²) in [5.74, 6) is -3.14. The largest absolute Gasteiger partial charge is 0.496 e. The Kier molecular flexibility index (Phi) is 8.17. The van der Waals surface area contributed by atoms with Gasteiger partial charge in [-0.15, -0.1) is 0 Å². The Morgan fingerprint density at radius 3 is 2.35 bits per heavy atom. The maximum Gasteiger partial charge on any atom is 0.336 e. The van der Waals surface area contributed by atoms with Crippen molar-refractivity contribution >= 4 is 33.7 Å². The molecule has 0 fully saturated rings. The molecule has 1 heterocycles. The minimum absolute atomic E-state index is 0.147. The SMILES string of the molecule is CCOC(=O)C1=C(C)NC2=C(C(=O)C(C(=O)OCC)C(c3ccccc3OC)C2)C1c1ccc(Br)cc1. The number of carbonyl (C=O) groups is 3. The lowest BCUT2D eigenvalue weighted by atomic mass is 9.67. The summed E-state index contributed by atoms with van der Waals surface area (Å²) in [4.78, 5) is 40.8. The average Bonchev–Trinajstić information content (AvgIpc) is 2.88. The molecule has 37 heavy (non-hydrogen) atoms. The third kappa shape index (κ3) is 5.07.